The zero-order valence-corrected chi connectivity index (χ0v) is 18.1. The van der Waals surface area contributed by atoms with Crippen molar-refractivity contribution in [3.8, 4) is 0 Å². The maximum absolute atomic E-state index is 13.5. The molecule has 2 N–H and O–H groups in total. The van der Waals surface area contributed by atoms with Crippen LogP contribution in [0.5, 0.6) is 0 Å². The van der Waals surface area contributed by atoms with E-state index in [0.717, 1.165) is 43.2 Å². The highest BCUT2D eigenvalue weighted by atomic mass is 16.1. The van der Waals surface area contributed by atoms with Crippen molar-refractivity contribution in [1.82, 2.24) is 0 Å². The molecule has 3 aliphatic rings. The number of amides is 1. The highest BCUT2D eigenvalue weighted by Crippen LogP contribution is 2.60. The minimum Gasteiger partial charge on any atom is -0.366 e. The Hall–Kier alpha value is -2.94. The highest BCUT2D eigenvalue weighted by molar-refractivity contribution is 6.06. The average Bonchev–Trinajstić information content (AvgIpc) is 3.03. The van der Waals surface area contributed by atoms with Crippen molar-refractivity contribution in [2.45, 2.75) is 44.9 Å². The number of fused-ring (bicyclic) bond motifs is 5. The first kappa shape index (κ1) is 20.0. The van der Waals surface area contributed by atoms with E-state index in [1.165, 1.54) is 16.7 Å². The van der Waals surface area contributed by atoms with Gasteiger partial charge in [0.05, 0.1) is 0 Å². The lowest BCUT2D eigenvalue weighted by Crippen LogP contribution is -2.42. The molecule has 1 amide bonds. The molecule has 3 heteroatoms. The van der Waals surface area contributed by atoms with Crippen molar-refractivity contribution in [2.75, 3.05) is 0 Å². The van der Waals surface area contributed by atoms with Crippen molar-refractivity contribution >= 4 is 23.8 Å². The standard InChI is InChI=1S/C28H29NO2/c1-3-17-7-9-22-19(13-17)8-10-24-23(22)11-12-28(2)25(24)16-21(26(28)30)15-18-5-4-6-20(14-18)27(29)31/h3-7,9,13-15,23-25H,1,8,10-12,16H2,2H3,(H2,29,31)/b21-15+/t23-,24?,25+,28+/m1/s1. The second-order valence-electron chi connectivity index (χ2n) is 9.73. The van der Waals surface area contributed by atoms with Gasteiger partial charge in [-0.15, -0.1) is 0 Å². The van der Waals surface area contributed by atoms with Crippen LogP contribution in [0, 0.1) is 17.3 Å². The molecule has 0 heterocycles. The smallest absolute Gasteiger partial charge is 0.248 e. The predicted octanol–water partition coefficient (Wildman–Crippen LogP) is 5.55. The molecule has 2 aromatic rings. The summed E-state index contributed by atoms with van der Waals surface area (Å²) < 4.78 is 0. The van der Waals surface area contributed by atoms with Crippen LogP contribution in [0.2, 0.25) is 0 Å². The van der Waals surface area contributed by atoms with Crippen molar-refractivity contribution in [1.29, 1.82) is 0 Å². The quantitative estimate of drug-likeness (QED) is 0.674. The van der Waals surface area contributed by atoms with Crippen LogP contribution >= 0.6 is 0 Å². The van der Waals surface area contributed by atoms with Gasteiger partial charge in [0.2, 0.25) is 5.91 Å². The van der Waals surface area contributed by atoms with Gasteiger partial charge in [0.15, 0.2) is 5.78 Å². The molecule has 31 heavy (non-hydrogen) atoms. The molecule has 0 aliphatic heterocycles. The predicted molar refractivity (Wildman–Crippen MR) is 124 cm³/mol. The van der Waals surface area contributed by atoms with E-state index in [-0.39, 0.29) is 5.41 Å². The summed E-state index contributed by atoms with van der Waals surface area (Å²) >= 11 is 0. The second kappa shape index (κ2) is 7.33. The number of hydrogen-bond acceptors (Lipinski definition) is 2. The van der Waals surface area contributed by atoms with E-state index in [2.05, 4.69) is 31.7 Å². The van der Waals surface area contributed by atoms with Crippen LogP contribution in [0.3, 0.4) is 0 Å². The first-order valence-electron chi connectivity index (χ1n) is 11.3. The minimum absolute atomic E-state index is 0.271. The Morgan fingerprint density at radius 3 is 2.77 bits per heavy atom. The molecule has 2 saturated carbocycles. The van der Waals surface area contributed by atoms with Crippen molar-refractivity contribution in [3.63, 3.8) is 0 Å². The van der Waals surface area contributed by atoms with Crippen molar-refractivity contribution < 1.29 is 9.59 Å². The van der Waals surface area contributed by atoms with Gasteiger partial charge in [-0.1, -0.05) is 49.9 Å². The van der Waals surface area contributed by atoms with Gasteiger partial charge in [0.1, 0.15) is 0 Å². The molecule has 0 bridgehead atoms. The molecular formula is C28H29NO2. The number of primary amides is 1. The summed E-state index contributed by atoms with van der Waals surface area (Å²) in [5, 5.41) is 0. The molecule has 2 aromatic carbocycles. The molecule has 4 atom stereocenters. The lowest BCUT2D eigenvalue weighted by Gasteiger charge is -2.48. The van der Waals surface area contributed by atoms with E-state index < -0.39 is 5.91 Å². The topological polar surface area (TPSA) is 60.2 Å². The van der Waals surface area contributed by atoms with Gasteiger partial charge in [-0.3, -0.25) is 9.59 Å². The Balaban J connectivity index is 1.47. The number of allylic oxidation sites excluding steroid dienone is 1. The molecule has 0 radical (unpaired) electrons. The fourth-order valence-electron chi connectivity index (χ4n) is 6.51. The summed E-state index contributed by atoms with van der Waals surface area (Å²) in [7, 11) is 0. The van der Waals surface area contributed by atoms with Gasteiger partial charge in [-0.2, -0.15) is 0 Å². The van der Waals surface area contributed by atoms with Gasteiger partial charge >= 0.3 is 0 Å². The Labute approximate surface area is 184 Å². The molecular weight excluding hydrogens is 382 g/mol. The summed E-state index contributed by atoms with van der Waals surface area (Å²) in [5.41, 5.74) is 11.6. The van der Waals surface area contributed by atoms with E-state index in [4.69, 9.17) is 5.73 Å². The fourth-order valence-corrected chi connectivity index (χ4v) is 6.51. The fraction of sp³-hybridized carbons (Fsp3) is 0.357. The molecule has 2 fully saturated rings. The molecule has 1 unspecified atom stereocenters. The average molecular weight is 412 g/mol. The lowest BCUT2D eigenvalue weighted by atomic mass is 9.55. The van der Waals surface area contributed by atoms with Crippen LogP contribution in [0.15, 0.2) is 54.6 Å². The number of hydrogen-bond donors (Lipinski definition) is 1. The molecule has 158 valence electrons. The summed E-state index contributed by atoms with van der Waals surface area (Å²) in [6.07, 6.45) is 8.99. The third-order valence-electron chi connectivity index (χ3n) is 8.14. The summed E-state index contributed by atoms with van der Waals surface area (Å²) in [4.78, 5) is 25.1. The first-order valence-corrected chi connectivity index (χ1v) is 11.3. The largest absolute Gasteiger partial charge is 0.366 e. The zero-order chi connectivity index (χ0) is 21.8. The number of ketones is 1. The third-order valence-corrected chi connectivity index (χ3v) is 8.14. The van der Waals surface area contributed by atoms with Gasteiger partial charge < -0.3 is 5.73 Å². The van der Waals surface area contributed by atoms with Crippen LogP contribution in [-0.4, -0.2) is 11.7 Å². The third kappa shape index (κ3) is 3.18. The molecule has 0 spiro atoms. The number of rotatable bonds is 3. The van der Waals surface area contributed by atoms with E-state index in [0.29, 0.717) is 29.1 Å². The maximum atomic E-state index is 13.5. The van der Waals surface area contributed by atoms with Crippen LogP contribution in [0.25, 0.3) is 12.2 Å². The monoisotopic (exact) mass is 411 g/mol. The second-order valence-corrected chi connectivity index (χ2v) is 9.73. The zero-order valence-electron chi connectivity index (χ0n) is 18.1. The number of carbonyl (C=O) groups is 2. The van der Waals surface area contributed by atoms with E-state index in [1.54, 1.807) is 12.1 Å². The van der Waals surface area contributed by atoms with Crippen molar-refractivity contribution in [3.05, 3.63) is 82.4 Å². The van der Waals surface area contributed by atoms with Crippen LogP contribution in [-0.2, 0) is 11.2 Å². The highest BCUT2D eigenvalue weighted by Gasteiger charge is 2.56. The minimum atomic E-state index is -0.443. The lowest BCUT2D eigenvalue weighted by molar-refractivity contribution is -0.127. The summed E-state index contributed by atoms with van der Waals surface area (Å²) in [6.45, 7) is 6.10. The van der Waals surface area contributed by atoms with Crippen LogP contribution < -0.4 is 5.73 Å². The van der Waals surface area contributed by atoms with E-state index in [9.17, 15) is 9.59 Å². The maximum Gasteiger partial charge on any atom is 0.248 e. The van der Waals surface area contributed by atoms with Crippen molar-refractivity contribution in [2.24, 2.45) is 23.0 Å². The normalized spacial score (nSPS) is 30.4. The van der Waals surface area contributed by atoms with Gasteiger partial charge in [-0.25, -0.2) is 0 Å². The number of aryl methyl sites for hydroxylation is 1. The van der Waals surface area contributed by atoms with Gasteiger partial charge in [-0.05, 0) is 95.9 Å². The van der Waals surface area contributed by atoms with Gasteiger partial charge in [0, 0.05) is 11.0 Å². The molecule has 3 nitrogen and oxygen atoms in total. The van der Waals surface area contributed by atoms with Crippen LogP contribution in [0.1, 0.15) is 71.1 Å². The SMILES string of the molecule is C=Cc1ccc2c(c1)CCC1[C@@H]2CC[C@]2(C)C(=O)/C(=C/c3cccc(C(N)=O)c3)C[C@@H]12. The molecule has 0 aromatic heterocycles. The summed E-state index contributed by atoms with van der Waals surface area (Å²) in [6, 6.07) is 14.0. The van der Waals surface area contributed by atoms with E-state index in [1.807, 2.05) is 24.3 Å². The Morgan fingerprint density at radius 1 is 1.16 bits per heavy atom. The van der Waals surface area contributed by atoms with Gasteiger partial charge in [0.25, 0.3) is 0 Å². The number of carbonyl (C=O) groups excluding carboxylic acids is 2. The number of benzene rings is 2. The molecule has 5 rings (SSSR count). The molecule has 3 aliphatic carbocycles. The molecule has 0 saturated heterocycles. The number of nitrogens with two attached hydrogens (primary N) is 1. The van der Waals surface area contributed by atoms with Crippen LogP contribution in [0.4, 0.5) is 0 Å². The number of Topliss-reactive ketones (excluding diaryl/α,β-unsaturated/α-hetero) is 1. The summed E-state index contributed by atoms with van der Waals surface area (Å²) in [5.74, 6) is 1.34. The Kier molecular flexibility index (Phi) is 4.73. The first-order chi connectivity index (χ1) is 14.9. The Bertz CT molecular complexity index is 1130. The van der Waals surface area contributed by atoms with E-state index >= 15 is 0 Å². The Morgan fingerprint density at radius 2 is 2.00 bits per heavy atom.